The van der Waals surface area contributed by atoms with Crippen molar-refractivity contribution >= 4 is 97.5 Å². The van der Waals surface area contributed by atoms with Crippen LogP contribution in [-0.4, -0.2) is 11.5 Å². The minimum atomic E-state index is 0.989. The molecule has 0 saturated carbocycles. The fraction of sp³-hybridized carbons (Fsp3) is 0.111. The zero-order valence-electron chi connectivity index (χ0n) is 12.5. The molecule has 0 fully saturated rings. The standard InChI is InChI=1S/C18H14Br4S2/c19-15-7-5-13(17(21)11-15)3-1-9-23-24-10-2-4-14-6-8-16(20)12-18(14)22/h1-8,11-12H,9-10H2/b3-1+,4-2+. The number of benzene rings is 2. The van der Waals surface area contributed by atoms with E-state index in [0.717, 1.165) is 29.4 Å². The SMILES string of the molecule is Brc1ccc(/C=C/CSSC/C=C/c2ccc(Br)cc2Br)c(Br)c1. The highest BCUT2D eigenvalue weighted by Crippen LogP contribution is 2.26. The van der Waals surface area contributed by atoms with Crippen molar-refractivity contribution in [3.05, 3.63) is 77.6 Å². The number of halogens is 4. The molecule has 0 radical (unpaired) electrons. The van der Waals surface area contributed by atoms with Crippen LogP contribution in [0.25, 0.3) is 12.2 Å². The molecule has 0 nitrogen and oxygen atoms in total. The van der Waals surface area contributed by atoms with Crippen molar-refractivity contribution in [1.29, 1.82) is 0 Å². The third-order valence-corrected chi connectivity index (χ3v) is 7.43. The van der Waals surface area contributed by atoms with E-state index < -0.39 is 0 Å². The van der Waals surface area contributed by atoms with Crippen molar-refractivity contribution in [2.75, 3.05) is 11.5 Å². The molecule has 24 heavy (non-hydrogen) atoms. The Morgan fingerprint density at radius 1 is 0.667 bits per heavy atom. The first kappa shape index (κ1) is 20.8. The lowest BCUT2D eigenvalue weighted by Gasteiger charge is -2.00. The highest BCUT2D eigenvalue weighted by atomic mass is 79.9. The van der Waals surface area contributed by atoms with E-state index in [1.165, 1.54) is 11.1 Å². The van der Waals surface area contributed by atoms with Gasteiger partial charge in [0.2, 0.25) is 0 Å². The van der Waals surface area contributed by atoms with Crippen molar-refractivity contribution in [1.82, 2.24) is 0 Å². The van der Waals surface area contributed by atoms with Crippen molar-refractivity contribution in [3.63, 3.8) is 0 Å². The van der Waals surface area contributed by atoms with Gasteiger partial charge in [-0.25, -0.2) is 0 Å². The lowest BCUT2D eigenvalue weighted by Crippen LogP contribution is -1.77. The molecule has 126 valence electrons. The first-order valence-corrected chi connectivity index (χ1v) is 12.7. The molecule has 0 aliphatic carbocycles. The van der Waals surface area contributed by atoms with E-state index >= 15 is 0 Å². The summed E-state index contributed by atoms with van der Waals surface area (Å²) < 4.78 is 4.38. The van der Waals surface area contributed by atoms with Gasteiger partial charge in [0.1, 0.15) is 0 Å². The van der Waals surface area contributed by atoms with Gasteiger partial charge in [-0.3, -0.25) is 0 Å². The van der Waals surface area contributed by atoms with Crippen LogP contribution in [0.4, 0.5) is 0 Å². The van der Waals surface area contributed by atoms with Crippen LogP contribution >= 0.6 is 85.3 Å². The van der Waals surface area contributed by atoms with Gasteiger partial charge in [-0.2, -0.15) is 0 Å². The van der Waals surface area contributed by atoms with E-state index in [1.807, 2.05) is 21.6 Å². The average Bonchev–Trinajstić information content (AvgIpc) is 2.53. The Morgan fingerprint density at radius 3 is 1.46 bits per heavy atom. The van der Waals surface area contributed by atoms with Gasteiger partial charge in [0.05, 0.1) is 0 Å². The van der Waals surface area contributed by atoms with Gasteiger partial charge in [0.25, 0.3) is 0 Å². The predicted octanol–water partition coefficient (Wildman–Crippen LogP) is 8.84. The third-order valence-electron chi connectivity index (χ3n) is 2.93. The summed E-state index contributed by atoms with van der Waals surface area (Å²) in [5.41, 5.74) is 2.40. The average molecular weight is 614 g/mol. The van der Waals surface area contributed by atoms with E-state index in [1.54, 1.807) is 0 Å². The van der Waals surface area contributed by atoms with Crippen LogP contribution in [0.1, 0.15) is 11.1 Å². The minimum absolute atomic E-state index is 0.989. The van der Waals surface area contributed by atoms with Gasteiger partial charge in [-0.15, -0.1) is 0 Å². The van der Waals surface area contributed by atoms with E-state index in [0.29, 0.717) is 0 Å². The van der Waals surface area contributed by atoms with Crippen LogP contribution in [0.5, 0.6) is 0 Å². The summed E-state index contributed by atoms with van der Waals surface area (Å²) in [4.78, 5) is 0. The molecular weight excluding hydrogens is 600 g/mol. The first-order valence-electron chi connectivity index (χ1n) is 7.04. The molecule has 0 saturated heterocycles. The molecule has 0 aliphatic rings. The number of hydrogen-bond acceptors (Lipinski definition) is 2. The monoisotopic (exact) mass is 610 g/mol. The topological polar surface area (TPSA) is 0 Å². The predicted molar refractivity (Wildman–Crippen MR) is 127 cm³/mol. The Balaban J connectivity index is 1.69. The maximum absolute atomic E-state index is 3.57. The van der Waals surface area contributed by atoms with Crippen molar-refractivity contribution in [2.45, 2.75) is 0 Å². The molecule has 0 atom stereocenters. The molecule has 0 amide bonds. The van der Waals surface area contributed by atoms with Gasteiger partial charge in [0, 0.05) is 29.4 Å². The molecule has 2 aromatic carbocycles. The van der Waals surface area contributed by atoms with Crippen molar-refractivity contribution in [3.8, 4) is 0 Å². The van der Waals surface area contributed by atoms with E-state index in [-0.39, 0.29) is 0 Å². The molecule has 2 rings (SSSR count). The summed E-state index contributed by atoms with van der Waals surface area (Å²) in [6.45, 7) is 0. The summed E-state index contributed by atoms with van der Waals surface area (Å²) in [6.07, 6.45) is 8.69. The quantitative estimate of drug-likeness (QED) is 0.226. The van der Waals surface area contributed by atoms with E-state index in [2.05, 4.69) is 124 Å². The van der Waals surface area contributed by atoms with Gasteiger partial charge in [-0.05, 0) is 35.4 Å². The molecule has 0 N–H and O–H groups in total. The maximum Gasteiger partial charge on any atom is 0.0258 e. The minimum Gasteiger partial charge on any atom is -0.0897 e. The Kier molecular flexibility index (Phi) is 9.81. The Hall–Kier alpha value is 0.540. The molecular formula is C18H14Br4S2. The molecule has 6 heteroatoms. The summed E-state index contributed by atoms with van der Waals surface area (Å²) in [7, 11) is 3.72. The number of hydrogen-bond donors (Lipinski definition) is 0. The van der Waals surface area contributed by atoms with Crippen molar-refractivity contribution < 1.29 is 0 Å². The normalized spacial score (nSPS) is 11.7. The van der Waals surface area contributed by atoms with Gasteiger partial charge < -0.3 is 0 Å². The lowest BCUT2D eigenvalue weighted by atomic mass is 10.2. The van der Waals surface area contributed by atoms with E-state index in [4.69, 9.17) is 0 Å². The molecule has 0 bridgehead atoms. The molecule has 0 spiro atoms. The summed E-state index contributed by atoms with van der Waals surface area (Å²) in [5.74, 6) is 1.98. The first-order chi connectivity index (χ1) is 11.6. The maximum atomic E-state index is 3.57. The molecule has 0 aliphatic heterocycles. The van der Waals surface area contributed by atoms with Crippen molar-refractivity contribution in [2.24, 2.45) is 0 Å². The largest absolute Gasteiger partial charge is 0.0897 e. The highest BCUT2D eigenvalue weighted by Gasteiger charge is 1.97. The molecule has 0 unspecified atom stereocenters. The van der Waals surface area contributed by atoms with Gasteiger partial charge in [0.15, 0.2) is 0 Å². The van der Waals surface area contributed by atoms with Crippen LogP contribution in [0.15, 0.2) is 66.4 Å². The second-order valence-corrected chi connectivity index (χ2v) is 10.8. The second kappa shape index (κ2) is 11.3. The lowest BCUT2D eigenvalue weighted by molar-refractivity contribution is 1.56. The smallest absolute Gasteiger partial charge is 0.0258 e. The Morgan fingerprint density at radius 2 is 1.08 bits per heavy atom. The Labute approximate surface area is 184 Å². The second-order valence-electron chi connectivity index (χ2n) is 4.71. The molecule has 0 aromatic heterocycles. The van der Waals surface area contributed by atoms with Crippen LogP contribution in [0.2, 0.25) is 0 Å². The van der Waals surface area contributed by atoms with Crippen LogP contribution < -0.4 is 0 Å². The fourth-order valence-corrected chi connectivity index (χ4v) is 5.75. The van der Waals surface area contributed by atoms with Gasteiger partial charge in [-0.1, -0.05) is 122 Å². The number of rotatable bonds is 7. The fourth-order valence-electron chi connectivity index (χ4n) is 1.80. The zero-order chi connectivity index (χ0) is 17.4. The van der Waals surface area contributed by atoms with Crippen LogP contribution in [-0.2, 0) is 0 Å². The third kappa shape index (κ3) is 7.42. The highest BCUT2D eigenvalue weighted by molar-refractivity contribution is 9.11. The summed E-state index contributed by atoms with van der Waals surface area (Å²) in [5, 5.41) is 0. The zero-order valence-corrected chi connectivity index (χ0v) is 20.5. The van der Waals surface area contributed by atoms with Gasteiger partial charge >= 0.3 is 0 Å². The Bertz CT molecular complexity index is 678. The molecule has 2 aromatic rings. The summed E-state index contributed by atoms with van der Waals surface area (Å²) >= 11 is 14.1. The summed E-state index contributed by atoms with van der Waals surface area (Å²) in [6, 6.07) is 12.4. The van der Waals surface area contributed by atoms with Crippen LogP contribution in [0.3, 0.4) is 0 Å². The molecule has 0 heterocycles. The van der Waals surface area contributed by atoms with Crippen LogP contribution in [0, 0.1) is 0 Å². The van der Waals surface area contributed by atoms with E-state index in [9.17, 15) is 0 Å².